The van der Waals surface area contributed by atoms with Gasteiger partial charge in [0.15, 0.2) is 0 Å². The molecule has 0 unspecified atom stereocenters. The van der Waals surface area contributed by atoms with Crippen molar-refractivity contribution in [3.05, 3.63) is 60.1 Å². The zero-order chi connectivity index (χ0) is 16.2. The fourth-order valence-corrected chi connectivity index (χ4v) is 2.24. The Balaban J connectivity index is 1.73. The Hall–Kier alpha value is -2.95. The first-order chi connectivity index (χ1) is 11.2. The summed E-state index contributed by atoms with van der Waals surface area (Å²) in [5.41, 5.74) is 0. The Morgan fingerprint density at radius 1 is 0.957 bits per heavy atom. The van der Waals surface area contributed by atoms with Gasteiger partial charge in [-0.25, -0.2) is 4.79 Å². The molecule has 2 aromatic carbocycles. The van der Waals surface area contributed by atoms with Gasteiger partial charge in [-0.3, -0.25) is 0 Å². The van der Waals surface area contributed by atoms with Crippen molar-refractivity contribution in [3.63, 3.8) is 0 Å². The lowest BCUT2D eigenvalue weighted by atomic mass is 10.1. The number of furan rings is 1. The van der Waals surface area contributed by atoms with Crippen LogP contribution in [0.15, 0.2) is 52.9 Å². The number of ether oxygens (including phenoxy) is 3. The van der Waals surface area contributed by atoms with Crippen LogP contribution in [0.4, 0.5) is 0 Å². The van der Waals surface area contributed by atoms with E-state index in [9.17, 15) is 4.79 Å². The second kappa shape index (κ2) is 6.44. The zero-order valence-electron chi connectivity index (χ0n) is 12.9. The van der Waals surface area contributed by atoms with Gasteiger partial charge < -0.3 is 18.6 Å². The second-order valence-corrected chi connectivity index (χ2v) is 4.92. The van der Waals surface area contributed by atoms with Crippen molar-refractivity contribution in [1.29, 1.82) is 0 Å². The van der Waals surface area contributed by atoms with Gasteiger partial charge in [0.25, 0.3) is 0 Å². The molecule has 3 rings (SSSR count). The van der Waals surface area contributed by atoms with Crippen LogP contribution < -0.4 is 9.47 Å². The number of carbonyl (C=O) groups excluding carboxylic acids is 1. The maximum absolute atomic E-state index is 11.3. The highest BCUT2D eigenvalue weighted by atomic mass is 16.5. The third-order valence-electron chi connectivity index (χ3n) is 3.45. The summed E-state index contributed by atoms with van der Waals surface area (Å²) >= 11 is 0. The van der Waals surface area contributed by atoms with Crippen molar-refractivity contribution in [1.82, 2.24) is 0 Å². The Bertz CT molecular complexity index is 834. The molecular weight excluding hydrogens is 296 g/mol. The Morgan fingerprint density at radius 3 is 2.43 bits per heavy atom. The minimum atomic E-state index is -0.506. The van der Waals surface area contributed by atoms with Crippen molar-refractivity contribution >= 4 is 16.7 Å². The Labute approximate surface area is 133 Å². The lowest BCUT2D eigenvalue weighted by molar-refractivity contribution is 0.0561. The molecule has 0 bridgehead atoms. The number of hydrogen-bond acceptors (Lipinski definition) is 5. The van der Waals surface area contributed by atoms with Crippen molar-refractivity contribution in [2.75, 3.05) is 14.2 Å². The second-order valence-electron chi connectivity index (χ2n) is 4.92. The summed E-state index contributed by atoms with van der Waals surface area (Å²) in [6.45, 7) is 0.229. The molecule has 0 saturated carbocycles. The maximum atomic E-state index is 11.3. The van der Waals surface area contributed by atoms with Gasteiger partial charge >= 0.3 is 5.97 Å². The van der Waals surface area contributed by atoms with E-state index in [1.807, 2.05) is 36.4 Å². The smallest absolute Gasteiger partial charge is 0.373 e. The van der Waals surface area contributed by atoms with Crippen LogP contribution in [-0.4, -0.2) is 20.2 Å². The molecule has 0 aliphatic rings. The topological polar surface area (TPSA) is 57.9 Å². The molecule has 1 aromatic heterocycles. The standard InChI is InChI=1S/C18H16O5/c1-20-14-5-3-12-4-6-15(10-13(12)9-14)22-11-16-7-8-17(23-16)18(19)21-2/h3-10H,11H2,1-2H3. The molecule has 0 atom stereocenters. The number of fused-ring (bicyclic) bond motifs is 1. The SMILES string of the molecule is COC(=O)c1ccc(COc2ccc3ccc(OC)cc3c2)o1. The van der Waals surface area contributed by atoms with Gasteiger partial charge in [-0.15, -0.1) is 0 Å². The molecule has 23 heavy (non-hydrogen) atoms. The minimum absolute atomic E-state index is 0.161. The molecule has 0 radical (unpaired) electrons. The van der Waals surface area contributed by atoms with E-state index in [1.165, 1.54) is 7.11 Å². The Kier molecular flexibility index (Phi) is 4.19. The molecule has 0 amide bonds. The normalized spacial score (nSPS) is 10.5. The summed E-state index contributed by atoms with van der Waals surface area (Å²) in [5.74, 6) is 1.71. The van der Waals surface area contributed by atoms with Gasteiger partial charge in [0, 0.05) is 0 Å². The lowest BCUT2D eigenvalue weighted by Gasteiger charge is -2.07. The van der Waals surface area contributed by atoms with Crippen LogP contribution in [0.5, 0.6) is 11.5 Å². The highest BCUT2D eigenvalue weighted by Crippen LogP contribution is 2.25. The molecule has 5 heteroatoms. The van der Waals surface area contributed by atoms with Crippen molar-refractivity contribution < 1.29 is 23.4 Å². The first-order valence-electron chi connectivity index (χ1n) is 7.07. The lowest BCUT2D eigenvalue weighted by Crippen LogP contribution is -1.99. The predicted octanol–water partition coefficient (Wildman–Crippen LogP) is 3.81. The minimum Gasteiger partial charge on any atom is -0.497 e. The van der Waals surface area contributed by atoms with E-state index >= 15 is 0 Å². The van der Waals surface area contributed by atoms with Gasteiger partial charge in [-0.2, -0.15) is 0 Å². The molecule has 0 aliphatic heterocycles. The highest BCUT2D eigenvalue weighted by molar-refractivity contribution is 5.86. The summed E-state index contributed by atoms with van der Waals surface area (Å²) in [4.78, 5) is 11.3. The van der Waals surface area contributed by atoms with Crippen LogP contribution in [0, 0.1) is 0 Å². The maximum Gasteiger partial charge on any atom is 0.373 e. The largest absolute Gasteiger partial charge is 0.497 e. The van der Waals surface area contributed by atoms with Gasteiger partial charge in [0.05, 0.1) is 14.2 Å². The Morgan fingerprint density at radius 2 is 1.70 bits per heavy atom. The fourth-order valence-electron chi connectivity index (χ4n) is 2.24. The first kappa shape index (κ1) is 15.0. The van der Waals surface area contributed by atoms with Crippen molar-refractivity contribution in [2.45, 2.75) is 6.61 Å². The third-order valence-corrected chi connectivity index (χ3v) is 3.45. The molecule has 5 nitrogen and oxygen atoms in total. The number of carbonyl (C=O) groups is 1. The number of rotatable bonds is 5. The van der Waals surface area contributed by atoms with Gasteiger partial charge in [0.1, 0.15) is 23.9 Å². The summed E-state index contributed by atoms with van der Waals surface area (Å²) in [6.07, 6.45) is 0. The molecule has 1 heterocycles. The van der Waals surface area contributed by atoms with Crippen molar-refractivity contribution in [3.8, 4) is 11.5 Å². The van der Waals surface area contributed by atoms with Crippen LogP contribution in [0.1, 0.15) is 16.3 Å². The predicted molar refractivity (Wildman–Crippen MR) is 84.9 cm³/mol. The molecule has 0 fully saturated rings. The molecular formula is C18H16O5. The van der Waals surface area contributed by atoms with Crippen LogP contribution in [-0.2, 0) is 11.3 Å². The molecule has 0 saturated heterocycles. The quantitative estimate of drug-likeness (QED) is 0.671. The summed E-state index contributed by atoms with van der Waals surface area (Å²) < 4.78 is 20.9. The van der Waals surface area contributed by atoms with E-state index in [2.05, 4.69) is 4.74 Å². The van der Waals surface area contributed by atoms with Crippen LogP contribution in [0.3, 0.4) is 0 Å². The number of hydrogen-bond donors (Lipinski definition) is 0. The van der Waals surface area contributed by atoms with E-state index in [0.29, 0.717) is 11.5 Å². The average Bonchev–Trinajstić information content (AvgIpc) is 3.07. The molecule has 118 valence electrons. The molecule has 0 spiro atoms. The van der Waals surface area contributed by atoms with E-state index in [4.69, 9.17) is 13.9 Å². The fraction of sp³-hybridized carbons (Fsp3) is 0.167. The van der Waals surface area contributed by atoms with E-state index in [-0.39, 0.29) is 12.4 Å². The van der Waals surface area contributed by atoms with Gasteiger partial charge in [-0.05, 0) is 47.2 Å². The number of esters is 1. The molecule has 3 aromatic rings. The number of benzene rings is 2. The average molecular weight is 312 g/mol. The van der Waals surface area contributed by atoms with E-state index in [1.54, 1.807) is 19.2 Å². The monoisotopic (exact) mass is 312 g/mol. The van der Waals surface area contributed by atoms with Gasteiger partial charge in [0.2, 0.25) is 5.76 Å². The molecule has 0 aliphatic carbocycles. The van der Waals surface area contributed by atoms with E-state index in [0.717, 1.165) is 16.5 Å². The number of methoxy groups -OCH3 is 2. The third kappa shape index (κ3) is 3.29. The van der Waals surface area contributed by atoms with E-state index < -0.39 is 5.97 Å². The van der Waals surface area contributed by atoms with Crippen LogP contribution in [0.25, 0.3) is 10.8 Å². The van der Waals surface area contributed by atoms with Crippen LogP contribution >= 0.6 is 0 Å². The summed E-state index contributed by atoms with van der Waals surface area (Å²) in [6, 6.07) is 14.9. The van der Waals surface area contributed by atoms with Gasteiger partial charge in [-0.1, -0.05) is 12.1 Å². The summed E-state index contributed by atoms with van der Waals surface area (Å²) in [7, 11) is 2.95. The molecule has 0 N–H and O–H groups in total. The zero-order valence-corrected chi connectivity index (χ0v) is 12.9. The first-order valence-corrected chi connectivity index (χ1v) is 7.07. The van der Waals surface area contributed by atoms with Crippen molar-refractivity contribution in [2.24, 2.45) is 0 Å². The summed E-state index contributed by atoms with van der Waals surface area (Å²) in [5, 5.41) is 2.13. The highest BCUT2D eigenvalue weighted by Gasteiger charge is 2.11. The van der Waals surface area contributed by atoms with Crippen LogP contribution in [0.2, 0.25) is 0 Å².